The van der Waals surface area contributed by atoms with Crippen LogP contribution in [0.25, 0.3) is 5.76 Å². The normalized spacial score (nSPS) is 22.6. The van der Waals surface area contributed by atoms with E-state index in [0.717, 1.165) is 31.2 Å². The van der Waals surface area contributed by atoms with Gasteiger partial charge in [-0.1, -0.05) is 36.6 Å². The van der Waals surface area contributed by atoms with Crippen LogP contribution in [0.4, 0.5) is 0 Å². The molecule has 2 fully saturated rings. The second kappa shape index (κ2) is 7.16. The second-order valence-corrected chi connectivity index (χ2v) is 7.37. The fraction of sp³-hybridized carbons (Fsp3) is 0.286. The Labute approximate surface area is 162 Å². The van der Waals surface area contributed by atoms with Crippen LogP contribution in [0.15, 0.2) is 54.4 Å². The molecular formula is C21H19ClN2O3. The van der Waals surface area contributed by atoms with Crippen LogP contribution in [0, 0.1) is 0 Å². The van der Waals surface area contributed by atoms with Gasteiger partial charge in [0.15, 0.2) is 0 Å². The maximum atomic E-state index is 12.9. The van der Waals surface area contributed by atoms with Gasteiger partial charge in [-0.15, -0.1) is 0 Å². The van der Waals surface area contributed by atoms with Crippen LogP contribution in [0.2, 0.25) is 5.02 Å². The molecule has 0 bridgehead atoms. The molecule has 2 aliphatic rings. The molecule has 4 rings (SSSR count). The maximum absolute atomic E-state index is 12.9. The van der Waals surface area contributed by atoms with Crippen LogP contribution < -0.4 is 0 Å². The molecule has 1 amide bonds. The summed E-state index contributed by atoms with van der Waals surface area (Å²) in [7, 11) is 0. The van der Waals surface area contributed by atoms with Crippen molar-refractivity contribution in [3.05, 3.63) is 70.5 Å². The van der Waals surface area contributed by atoms with Gasteiger partial charge < -0.3 is 10.0 Å². The van der Waals surface area contributed by atoms with Crippen molar-refractivity contribution in [1.82, 2.24) is 9.88 Å². The molecule has 1 N–H and O–H groups in total. The highest BCUT2D eigenvalue weighted by atomic mass is 35.5. The molecule has 138 valence electrons. The number of halogens is 1. The summed E-state index contributed by atoms with van der Waals surface area (Å²) in [5.74, 6) is -1.36. The van der Waals surface area contributed by atoms with Gasteiger partial charge in [-0.3, -0.25) is 14.6 Å². The van der Waals surface area contributed by atoms with E-state index >= 15 is 0 Å². The molecule has 1 aliphatic carbocycles. The summed E-state index contributed by atoms with van der Waals surface area (Å²) >= 11 is 6.02. The molecule has 1 saturated carbocycles. The van der Waals surface area contributed by atoms with E-state index < -0.39 is 17.7 Å². The smallest absolute Gasteiger partial charge is 0.295 e. The first-order chi connectivity index (χ1) is 13.1. The Hall–Kier alpha value is -2.66. The first-order valence-corrected chi connectivity index (χ1v) is 9.41. The van der Waals surface area contributed by atoms with E-state index in [-0.39, 0.29) is 17.4 Å². The number of carbonyl (C=O) groups is 2. The van der Waals surface area contributed by atoms with E-state index in [2.05, 4.69) is 4.98 Å². The zero-order valence-electron chi connectivity index (χ0n) is 14.6. The Kier molecular flexibility index (Phi) is 4.70. The van der Waals surface area contributed by atoms with Gasteiger partial charge >= 0.3 is 0 Å². The first-order valence-electron chi connectivity index (χ1n) is 9.04. The molecule has 27 heavy (non-hydrogen) atoms. The molecule has 1 saturated heterocycles. The third-order valence-electron chi connectivity index (χ3n) is 5.34. The molecule has 2 heterocycles. The third kappa shape index (κ3) is 3.12. The van der Waals surface area contributed by atoms with Crippen LogP contribution in [-0.4, -0.2) is 32.7 Å². The standard InChI is InChI=1S/C21H19ClN2O3/c22-15-7-5-13(6-8-15)18-17(19(25)14-9-11-23-12-10-14)20(26)21(27)24(18)16-3-1-2-4-16/h5-12,16,18,25H,1-4H2/b19-17-. The van der Waals surface area contributed by atoms with Crippen LogP contribution in [0.1, 0.15) is 42.9 Å². The maximum Gasteiger partial charge on any atom is 0.295 e. The monoisotopic (exact) mass is 382 g/mol. The molecule has 1 aromatic carbocycles. The Balaban J connectivity index is 1.88. The van der Waals surface area contributed by atoms with Gasteiger partial charge in [0.1, 0.15) is 5.76 Å². The van der Waals surface area contributed by atoms with Gasteiger partial charge in [0.25, 0.3) is 11.7 Å². The van der Waals surface area contributed by atoms with Crippen molar-refractivity contribution in [3.8, 4) is 0 Å². The number of aliphatic hydroxyl groups excluding tert-OH is 1. The summed E-state index contributed by atoms with van der Waals surface area (Å²) in [5.41, 5.74) is 1.36. The molecule has 1 atom stereocenters. The number of likely N-dealkylation sites (tertiary alicyclic amines) is 1. The fourth-order valence-corrected chi connectivity index (χ4v) is 4.17. The Bertz CT molecular complexity index is 903. The zero-order chi connectivity index (χ0) is 19.0. The number of hydrogen-bond donors (Lipinski definition) is 1. The number of carbonyl (C=O) groups excluding carboxylic acids is 2. The quantitative estimate of drug-likeness (QED) is 0.493. The first kappa shape index (κ1) is 17.7. The van der Waals surface area contributed by atoms with Crippen molar-refractivity contribution in [1.29, 1.82) is 0 Å². The highest BCUT2D eigenvalue weighted by molar-refractivity contribution is 6.46. The van der Waals surface area contributed by atoms with Crippen LogP contribution >= 0.6 is 11.6 Å². The summed E-state index contributed by atoms with van der Waals surface area (Å²) in [6, 6.07) is 9.72. The summed E-state index contributed by atoms with van der Waals surface area (Å²) in [6.45, 7) is 0. The number of amides is 1. The molecule has 5 nitrogen and oxygen atoms in total. The summed E-state index contributed by atoms with van der Waals surface area (Å²) < 4.78 is 0. The Morgan fingerprint density at radius 2 is 1.67 bits per heavy atom. The van der Waals surface area contributed by atoms with Crippen molar-refractivity contribution in [2.24, 2.45) is 0 Å². The van der Waals surface area contributed by atoms with Crippen molar-refractivity contribution in [2.75, 3.05) is 0 Å². The van der Waals surface area contributed by atoms with Gasteiger partial charge in [0, 0.05) is 29.0 Å². The SMILES string of the molecule is O=C1C(=O)N(C2CCCC2)C(c2ccc(Cl)cc2)/C1=C(/O)c1ccncc1. The lowest BCUT2D eigenvalue weighted by atomic mass is 9.95. The fourth-order valence-electron chi connectivity index (χ4n) is 4.05. The van der Waals surface area contributed by atoms with E-state index in [9.17, 15) is 14.7 Å². The predicted molar refractivity (Wildman–Crippen MR) is 102 cm³/mol. The molecule has 1 aromatic heterocycles. The number of hydrogen-bond acceptors (Lipinski definition) is 4. The minimum absolute atomic E-state index is 0.00451. The van der Waals surface area contributed by atoms with Crippen molar-refractivity contribution in [3.63, 3.8) is 0 Å². The lowest BCUT2D eigenvalue weighted by molar-refractivity contribution is -0.141. The van der Waals surface area contributed by atoms with Gasteiger partial charge in [-0.05, 0) is 42.7 Å². The highest BCUT2D eigenvalue weighted by Gasteiger charge is 2.49. The summed E-state index contributed by atoms with van der Waals surface area (Å²) in [6.07, 6.45) is 6.88. The molecular weight excluding hydrogens is 364 g/mol. The minimum Gasteiger partial charge on any atom is -0.507 e. The van der Waals surface area contributed by atoms with Gasteiger partial charge in [0.2, 0.25) is 0 Å². The second-order valence-electron chi connectivity index (χ2n) is 6.93. The number of aromatic nitrogens is 1. The number of aliphatic hydroxyl groups is 1. The van der Waals surface area contributed by atoms with E-state index in [0.29, 0.717) is 10.6 Å². The van der Waals surface area contributed by atoms with Gasteiger partial charge in [-0.2, -0.15) is 0 Å². The summed E-state index contributed by atoms with van der Waals surface area (Å²) in [4.78, 5) is 31.4. The lowest BCUT2D eigenvalue weighted by Crippen LogP contribution is -2.37. The third-order valence-corrected chi connectivity index (χ3v) is 5.59. The predicted octanol–water partition coefficient (Wildman–Crippen LogP) is 4.10. The molecule has 2 aromatic rings. The average molecular weight is 383 g/mol. The van der Waals surface area contributed by atoms with Gasteiger partial charge in [-0.25, -0.2) is 0 Å². The topological polar surface area (TPSA) is 70.5 Å². The Morgan fingerprint density at radius 1 is 1.04 bits per heavy atom. The van der Waals surface area contributed by atoms with E-state index in [1.807, 2.05) is 0 Å². The number of Topliss-reactive ketones (excluding diaryl/α,β-unsaturated/α-hetero) is 1. The van der Waals surface area contributed by atoms with Crippen molar-refractivity contribution in [2.45, 2.75) is 37.8 Å². The van der Waals surface area contributed by atoms with Crippen molar-refractivity contribution < 1.29 is 14.7 Å². The minimum atomic E-state index is -0.642. The zero-order valence-corrected chi connectivity index (χ0v) is 15.4. The number of pyridine rings is 1. The van der Waals surface area contributed by atoms with Crippen molar-refractivity contribution >= 4 is 29.1 Å². The number of benzene rings is 1. The van der Waals surface area contributed by atoms with E-state index in [1.54, 1.807) is 53.7 Å². The van der Waals surface area contributed by atoms with Crippen LogP contribution in [0.3, 0.4) is 0 Å². The molecule has 6 heteroatoms. The molecule has 1 unspecified atom stereocenters. The lowest BCUT2D eigenvalue weighted by Gasteiger charge is -2.30. The summed E-state index contributed by atoms with van der Waals surface area (Å²) in [5, 5.41) is 11.5. The number of rotatable bonds is 3. The largest absolute Gasteiger partial charge is 0.507 e. The Morgan fingerprint density at radius 3 is 2.30 bits per heavy atom. The van der Waals surface area contributed by atoms with Gasteiger partial charge in [0.05, 0.1) is 11.6 Å². The molecule has 1 aliphatic heterocycles. The van der Waals surface area contributed by atoms with Crippen LogP contribution in [-0.2, 0) is 9.59 Å². The number of nitrogens with zero attached hydrogens (tertiary/aromatic N) is 2. The molecule has 0 spiro atoms. The van der Waals surface area contributed by atoms with Crippen LogP contribution in [0.5, 0.6) is 0 Å². The average Bonchev–Trinajstić information content (AvgIpc) is 3.30. The number of ketones is 1. The van der Waals surface area contributed by atoms with E-state index in [1.165, 1.54) is 0 Å². The van der Waals surface area contributed by atoms with E-state index in [4.69, 9.17) is 11.6 Å². The molecule has 0 radical (unpaired) electrons. The highest BCUT2D eigenvalue weighted by Crippen LogP contribution is 2.43.